The van der Waals surface area contributed by atoms with Gasteiger partial charge in [-0.25, -0.2) is 4.99 Å². The van der Waals surface area contributed by atoms with Gasteiger partial charge in [-0.1, -0.05) is 41.9 Å². The fourth-order valence-corrected chi connectivity index (χ4v) is 2.84. The summed E-state index contributed by atoms with van der Waals surface area (Å²) in [4.78, 5) is 16.6. The van der Waals surface area contributed by atoms with Crippen molar-refractivity contribution in [1.29, 1.82) is 0 Å². The van der Waals surface area contributed by atoms with Crippen LogP contribution in [0.15, 0.2) is 51.9 Å². The number of carbonyl (C=O) groups excluding carboxylic acids is 1. The van der Waals surface area contributed by atoms with Crippen molar-refractivity contribution in [3.63, 3.8) is 0 Å². The maximum absolute atomic E-state index is 12.1. The van der Waals surface area contributed by atoms with Gasteiger partial charge in [0, 0.05) is 10.0 Å². The van der Waals surface area contributed by atoms with E-state index in [4.69, 9.17) is 0 Å². The van der Waals surface area contributed by atoms with Gasteiger partial charge in [-0.3, -0.25) is 4.79 Å². The van der Waals surface area contributed by atoms with Crippen molar-refractivity contribution in [3.05, 3.63) is 58.1 Å². The lowest BCUT2D eigenvalue weighted by molar-refractivity contribution is -0.110. The predicted molar refractivity (Wildman–Crippen MR) is 94.1 cm³/mol. The summed E-state index contributed by atoms with van der Waals surface area (Å²) in [6.07, 6.45) is 1.11. The summed E-state index contributed by atoms with van der Waals surface area (Å²) >= 11 is 3.44. The Morgan fingerprint density at radius 1 is 1.18 bits per heavy atom. The highest BCUT2D eigenvalue weighted by Crippen LogP contribution is 2.29. The molecular formula is C18H17BrN2O. The lowest BCUT2D eigenvalue weighted by atomic mass is 9.99. The quantitative estimate of drug-likeness (QED) is 0.822. The molecule has 0 bridgehead atoms. The minimum absolute atomic E-state index is 0.154. The molecule has 0 saturated carbocycles. The molecule has 0 saturated heterocycles. The maximum atomic E-state index is 12.1. The first kappa shape index (κ1) is 15.0. The molecule has 3 rings (SSSR count). The van der Waals surface area contributed by atoms with Gasteiger partial charge < -0.3 is 5.32 Å². The van der Waals surface area contributed by atoms with E-state index in [-0.39, 0.29) is 5.91 Å². The van der Waals surface area contributed by atoms with Crippen molar-refractivity contribution in [1.82, 2.24) is 0 Å². The van der Waals surface area contributed by atoms with Gasteiger partial charge in [0.15, 0.2) is 0 Å². The fourth-order valence-electron chi connectivity index (χ4n) is 2.48. The first-order chi connectivity index (χ1) is 10.6. The molecule has 1 aliphatic heterocycles. The maximum Gasteiger partial charge on any atom is 0.275 e. The lowest BCUT2D eigenvalue weighted by Gasteiger charge is -2.08. The van der Waals surface area contributed by atoms with E-state index in [0.29, 0.717) is 11.6 Å². The van der Waals surface area contributed by atoms with Crippen molar-refractivity contribution < 1.29 is 4.79 Å². The molecule has 2 aromatic rings. The smallest absolute Gasteiger partial charge is 0.275 e. The van der Waals surface area contributed by atoms with E-state index in [9.17, 15) is 4.79 Å². The number of carbonyl (C=O) groups is 1. The van der Waals surface area contributed by atoms with E-state index in [1.54, 1.807) is 0 Å². The zero-order valence-corrected chi connectivity index (χ0v) is 14.1. The Hall–Kier alpha value is -1.94. The summed E-state index contributed by atoms with van der Waals surface area (Å²) in [6.45, 7) is 4.38. The van der Waals surface area contributed by atoms with Gasteiger partial charge in [0.25, 0.3) is 5.91 Å². The second-order valence-corrected chi connectivity index (χ2v) is 6.42. The van der Waals surface area contributed by atoms with E-state index in [0.717, 1.165) is 27.8 Å². The largest absolute Gasteiger partial charge is 0.320 e. The summed E-state index contributed by atoms with van der Waals surface area (Å²) in [6, 6.07) is 13.8. The number of nitrogens with zero attached hydrogens (tertiary/aromatic N) is 1. The monoisotopic (exact) mass is 356 g/mol. The van der Waals surface area contributed by atoms with E-state index < -0.39 is 0 Å². The van der Waals surface area contributed by atoms with Gasteiger partial charge in [-0.2, -0.15) is 0 Å². The minimum atomic E-state index is -0.154. The Bertz CT molecular complexity index is 750. The van der Waals surface area contributed by atoms with Crippen molar-refractivity contribution in [2.75, 3.05) is 5.32 Å². The molecule has 1 amide bonds. The molecule has 1 atom stereocenters. The highest BCUT2D eigenvalue weighted by atomic mass is 79.9. The molecule has 0 radical (unpaired) electrons. The number of anilines is 1. The average Bonchev–Trinajstić information content (AvgIpc) is 2.83. The van der Waals surface area contributed by atoms with E-state index >= 15 is 0 Å². The van der Waals surface area contributed by atoms with Crippen LogP contribution in [-0.4, -0.2) is 11.6 Å². The standard InChI is InChI=1S/C18H17BrN2O/c1-3-11(2)12-4-7-14(8-5-12)20-17-15-10-13(19)6-9-16(15)21-18(17)22/h4-11H,3H2,1-2H3,(H,20,21,22). The zero-order valence-electron chi connectivity index (χ0n) is 12.6. The van der Waals surface area contributed by atoms with Crippen molar-refractivity contribution in [2.24, 2.45) is 4.99 Å². The normalized spacial score (nSPS) is 16.5. The van der Waals surface area contributed by atoms with Gasteiger partial charge in [0.1, 0.15) is 5.71 Å². The van der Waals surface area contributed by atoms with Gasteiger partial charge in [-0.15, -0.1) is 0 Å². The lowest BCUT2D eigenvalue weighted by Crippen LogP contribution is -2.13. The molecule has 112 valence electrons. The Balaban J connectivity index is 1.96. The van der Waals surface area contributed by atoms with E-state index in [2.05, 4.69) is 52.2 Å². The Morgan fingerprint density at radius 2 is 1.91 bits per heavy atom. The second kappa shape index (κ2) is 6.05. The number of nitrogens with one attached hydrogen (secondary N) is 1. The summed E-state index contributed by atoms with van der Waals surface area (Å²) in [5, 5.41) is 2.84. The summed E-state index contributed by atoms with van der Waals surface area (Å²) < 4.78 is 0.933. The van der Waals surface area contributed by atoms with Crippen LogP contribution in [0.5, 0.6) is 0 Å². The fraction of sp³-hybridized carbons (Fsp3) is 0.222. The SMILES string of the molecule is CCC(C)c1ccc(N=C2C(=O)Nc3ccc(Br)cc32)cc1. The van der Waals surface area contributed by atoms with Crippen molar-refractivity contribution >= 4 is 38.9 Å². The van der Waals surface area contributed by atoms with Crippen LogP contribution in [0.3, 0.4) is 0 Å². The first-order valence-corrected chi connectivity index (χ1v) is 8.17. The van der Waals surface area contributed by atoms with Crippen molar-refractivity contribution in [3.8, 4) is 0 Å². The topological polar surface area (TPSA) is 41.5 Å². The van der Waals surface area contributed by atoms with Crippen LogP contribution in [0.4, 0.5) is 11.4 Å². The highest BCUT2D eigenvalue weighted by Gasteiger charge is 2.25. The number of amides is 1. The van der Waals surface area contributed by atoms with Crippen LogP contribution in [0.25, 0.3) is 0 Å². The van der Waals surface area contributed by atoms with Gasteiger partial charge in [-0.05, 0) is 48.2 Å². The molecule has 1 unspecified atom stereocenters. The third-order valence-electron chi connectivity index (χ3n) is 4.02. The molecular weight excluding hydrogens is 340 g/mol. The molecule has 4 heteroatoms. The minimum Gasteiger partial charge on any atom is -0.320 e. The van der Waals surface area contributed by atoms with Crippen LogP contribution in [0, 0.1) is 0 Å². The molecule has 22 heavy (non-hydrogen) atoms. The van der Waals surface area contributed by atoms with Crippen LogP contribution >= 0.6 is 15.9 Å². The Labute approximate surface area is 138 Å². The third kappa shape index (κ3) is 2.83. The molecule has 0 aliphatic carbocycles. The molecule has 0 fully saturated rings. The number of rotatable bonds is 3. The summed E-state index contributed by atoms with van der Waals surface area (Å²) in [5.41, 5.74) is 4.21. The third-order valence-corrected chi connectivity index (χ3v) is 4.51. The molecule has 1 heterocycles. The first-order valence-electron chi connectivity index (χ1n) is 7.38. The molecule has 3 nitrogen and oxygen atoms in total. The van der Waals surface area contributed by atoms with Gasteiger partial charge >= 0.3 is 0 Å². The zero-order chi connectivity index (χ0) is 15.7. The Morgan fingerprint density at radius 3 is 2.59 bits per heavy atom. The number of hydrogen-bond donors (Lipinski definition) is 1. The number of hydrogen-bond acceptors (Lipinski definition) is 2. The second-order valence-electron chi connectivity index (χ2n) is 5.51. The van der Waals surface area contributed by atoms with Crippen LogP contribution in [0.1, 0.15) is 37.3 Å². The summed E-state index contributed by atoms with van der Waals surface area (Å²) in [7, 11) is 0. The molecule has 2 aromatic carbocycles. The number of benzene rings is 2. The van der Waals surface area contributed by atoms with Crippen molar-refractivity contribution in [2.45, 2.75) is 26.2 Å². The molecule has 1 N–H and O–H groups in total. The average molecular weight is 357 g/mol. The molecule has 0 spiro atoms. The van der Waals surface area contributed by atoms with Crippen LogP contribution in [0.2, 0.25) is 0 Å². The van der Waals surface area contributed by atoms with Crippen LogP contribution < -0.4 is 5.32 Å². The van der Waals surface area contributed by atoms with Gasteiger partial charge in [0.2, 0.25) is 0 Å². The number of aliphatic imine (C=N–C) groups is 1. The van der Waals surface area contributed by atoms with Crippen LogP contribution in [-0.2, 0) is 4.79 Å². The predicted octanol–water partition coefficient (Wildman–Crippen LogP) is 5.04. The summed E-state index contributed by atoms with van der Waals surface area (Å²) in [5.74, 6) is 0.382. The van der Waals surface area contributed by atoms with E-state index in [1.807, 2.05) is 30.3 Å². The molecule has 0 aromatic heterocycles. The number of fused-ring (bicyclic) bond motifs is 1. The van der Waals surface area contributed by atoms with Gasteiger partial charge in [0.05, 0.1) is 11.4 Å². The number of halogens is 1. The highest BCUT2D eigenvalue weighted by molar-refractivity contribution is 9.10. The molecule has 1 aliphatic rings. The Kier molecular flexibility index (Phi) is 4.12. The van der Waals surface area contributed by atoms with E-state index in [1.165, 1.54) is 5.56 Å².